The number of rotatable bonds is 14. The first kappa shape index (κ1) is 54.2. The quantitative estimate of drug-likeness (QED) is 0.0501. The lowest BCUT2D eigenvalue weighted by atomic mass is 10.1. The van der Waals surface area contributed by atoms with Crippen molar-refractivity contribution in [3.05, 3.63) is 109 Å². The largest absolute Gasteiger partial charge is 0.407 e. The molecule has 6 aromatic rings. The van der Waals surface area contributed by atoms with Crippen LogP contribution in [0, 0.1) is 17.9 Å². The van der Waals surface area contributed by atoms with E-state index >= 15 is 4.39 Å². The number of nitrogens with one attached hydrogen (secondary N) is 2. The van der Waals surface area contributed by atoms with E-state index in [1.54, 1.807) is 65.2 Å². The zero-order chi connectivity index (χ0) is 53.1. The molecule has 4 aromatic heterocycles. The summed E-state index contributed by atoms with van der Waals surface area (Å²) in [5, 5.41) is 14.8. The highest BCUT2D eigenvalue weighted by Gasteiger charge is 2.58. The molecule has 2 N–H and O–H groups in total. The number of nitriles is 1. The van der Waals surface area contributed by atoms with Crippen molar-refractivity contribution in [2.45, 2.75) is 94.5 Å². The number of anilines is 2. The first-order valence-electron chi connectivity index (χ1n) is 23.3. The van der Waals surface area contributed by atoms with Gasteiger partial charge in [-0.05, 0) is 54.2 Å². The predicted octanol–water partition coefficient (Wildman–Crippen LogP) is 6.64. The Morgan fingerprint density at radius 2 is 1.45 bits per heavy atom. The van der Waals surface area contributed by atoms with Crippen LogP contribution in [0.5, 0.6) is 0 Å². The van der Waals surface area contributed by atoms with Crippen molar-refractivity contribution in [1.82, 2.24) is 39.0 Å². The lowest BCUT2D eigenvalue weighted by Crippen LogP contribution is -2.49. The molecular formula is C46H54BFN12O11P2SSi. The Kier molecular flexibility index (Phi) is 16.3. The molecule has 29 heteroatoms. The van der Waals surface area contributed by atoms with E-state index in [0.717, 1.165) is 0 Å². The molecule has 3 aliphatic heterocycles. The van der Waals surface area contributed by atoms with E-state index in [9.17, 15) is 14.9 Å². The fourth-order valence-corrected chi connectivity index (χ4v) is 12.4. The van der Waals surface area contributed by atoms with Crippen molar-refractivity contribution in [2.75, 3.05) is 43.6 Å². The molecule has 0 spiro atoms. The molecule has 7 heterocycles. The molecule has 3 fully saturated rings. The van der Waals surface area contributed by atoms with Crippen LogP contribution >= 0.6 is 14.5 Å². The molecule has 10 atom stereocenters. The zero-order valence-electron chi connectivity index (χ0n) is 40.6. The minimum absolute atomic E-state index is 0.00962. The summed E-state index contributed by atoms with van der Waals surface area (Å²) in [6.45, 7) is 12.9. The molecule has 75 heavy (non-hydrogen) atoms. The number of nitrogens with zero attached hydrogens (tertiary/aromatic N) is 10. The van der Waals surface area contributed by atoms with E-state index in [-0.39, 0.29) is 66.1 Å². The number of fused-ring (bicyclic) bond motifs is 4. The third-order valence-electron chi connectivity index (χ3n) is 12.7. The number of imidazole rings is 2. The van der Waals surface area contributed by atoms with Crippen LogP contribution in [-0.2, 0) is 52.8 Å². The van der Waals surface area contributed by atoms with Crippen LogP contribution in [0.4, 0.5) is 16.0 Å². The summed E-state index contributed by atoms with van der Waals surface area (Å²) in [6, 6.07) is 19.3. The fraction of sp³-hybridized carbons (Fsp3) is 0.435. The second-order valence-electron chi connectivity index (χ2n) is 18.5. The summed E-state index contributed by atoms with van der Waals surface area (Å²) in [5.41, 5.74) is 1.67. The molecule has 0 bridgehead atoms. The van der Waals surface area contributed by atoms with Crippen LogP contribution in [0.15, 0.2) is 86.0 Å². The van der Waals surface area contributed by atoms with Crippen LogP contribution in [0.25, 0.3) is 27.2 Å². The van der Waals surface area contributed by atoms with Gasteiger partial charge in [0, 0.05) is 11.1 Å². The molecule has 23 nitrogen and oxygen atoms in total. The van der Waals surface area contributed by atoms with Gasteiger partial charge in [0.2, 0.25) is 21.9 Å². The monoisotopic (exact) mass is 1100 g/mol. The molecule has 0 aliphatic carbocycles. The van der Waals surface area contributed by atoms with Gasteiger partial charge in [-0.15, -0.1) is 0 Å². The second-order valence-corrected chi connectivity index (χ2v) is 27.4. The fourth-order valence-electron chi connectivity index (χ4n) is 7.92. The summed E-state index contributed by atoms with van der Waals surface area (Å²) < 4.78 is 80.8. The van der Waals surface area contributed by atoms with Gasteiger partial charge in [-0.2, -0.15) is 5.26 Å². The molecule has 4 unspecified atom stereocenters. The van der Waals surface area contributed by atoms with E-state index in [1.807, 2.05) is 0 Å². The van der Waals surface area contributed by atoms with Crippen LogP contribution in [-0.4, -0.2) is 136 Å². The van der Waals surface area contributed by atoms with Gasteiger partial charge in [-0.25, -0.2) is 54.4 Å². The van der Waals surface area contributed by atoms with Crippen LogP contribution in [0.2, 0.25) is 18.1 Å². The van der Waals surface area contributed by atoms with Crippen molar-refractivity contribution in [3.8, 4) is 6.07 Å². The van der Waals surface area contributed by atoms with Gasteiger partial charge < -0.3 is 38.4 Å². The van der Waals surface area contributed by atoms with E-state index in [0.29, 0.717) is 16.8 Å². The summed E-state index contributed by atoms with van der Waals surface area (Å²) in [4.78, 5) is 56.6. The predicted molar refractivity (Wildman–Crippen MR) is 281 cm³/mol. The van der Waals surface area contributed by atoms with Gasteiger partial charge in [0.05, 0.1) is 31.8 Å². The van der Waals surface area contributed by atoms with E-state index in [1.165, 1.54) is 29.9 Å². The van der Waals surface area contributed by atoms with Crippen LogP contribution in [0.1, 0.15) is 60.4 Å². The number of amides is 2. The second kappa shape index (κ2) is 22.5. The Labute approximate surface area is 438 Å². The molecular weight excluding hydrogens is 1050 g/mol. The van der Waals surface area contributed by atoms with Crippen LogP contribution < -0.4 is 10.6 Å². The SMILES string of the molecule is [BH3-][P+]1(OCCC#N)OC[C@H]2O[C@@H](n3cnc4c(NC(=O)c5ccccc5)ncnc43)C(O[Si](C)(C)C(C)(C)C)[C@H]2OP(=S)(OCC[N+]#[C-])OC[C@H]2O[C@@H](n3cnc4c(NC(=O)c5ccccc5)ncnc43)[C@@H](F)C2O1. The van der Waals surface area contributed by atoms with Gasteiger partial charge in [0.1, 0.15) is 56.9 Å². The molecule has 2 amide bonds. The van der Waals surface area contributed by atoms with E-state index < -0.39 is 98.0 Å². The molecule has 9 rings (SSSR count). The first-order chi connectivity index (χ1) is 35.9. The molecule has 0 saturated carbocycles. The number of benzene rings is 2. The summed E-state index contributed by atoms with van der Waals surface area (Å²) >= 11 is 6.19. The molecule has 3 saturated heterocycles. The summed E-state index contributed by atoms with van der Waals surface area (Å²) in [6.07, 6.45) is -4.82. The molecule has 394 valence electrons. The Balaban J connectivity index is 1.07. The van der Waals surface area contributed by atoms with Crippen LogP contribution in [0.3, 0.4) is 0 Å². The number of carbonyl (C=O) groups is 2. The first-order valence-corrected chi connectivity index (χ1v) is 29.8. The maximum Gasteiger partial charge on any atom is 0.327 e. The Hall–Kier alpha value is -5.61. The number of carbonyl (C=O) groups excluding carboxylic acids is 2. The summed E-state index contributed by atoms with van der Waals surface area (Å²) in [5.74, 6) is -0.596. The number of hydrogen-bond donors (Lipinski definition) is 2. The van der Waals surface area contributed by atoms with Crippen molar-refractivity contribution < 1.29 is 55.0 Å². The van der Waals surface area contributed by atoms with Crippen molar-refractivity contribution >= 4 is 88.0 Å². The zero-order valence-corrected chi connectivity index (χ0v) is 44.2. The maximum atomic E-state index is 17.5. The molecule has 0 radical (unpaired) electrons. The van der Waals surface area contributed by atoms with Gasteiger partial charge in [-0.1, -0.05) is 57.2 Å². The normalized spacial score (nSPS) is 27.3. The highest BCUT2D eigenvalue weighted by atomic mass is 32.5. The standard InChI is InChI=1S/C46H54BFN12O11P2SSi/c1-46(2,3)75(5,6)71-37-36-31(68-45(37)60-27-56-34-39(52-25-54-41(34)60)58-43(62)29-16-11-8-12-17-29)22-65-72(47,63-20-13-18-49)69-35-30(23-66-73(74,70-36)64-21-19-50-4)67-44(32(35)48)59-26-55-33-38(51-24-53-40(33)59)57-42(61)28-14-9-7-10-15-28/h7-12,14-17,24-27,30-32,35-37,44-45H,13,19-23H2,1-3,5-6,47H3,(H,51,53,57,61)(H,52,54,58,62)/t30-,31-,32+,35?,36+,37?,44-,45-,72?,73?/m1/s1. The number of ether oxygens (including phenoxy) is 2. The maximum absolute atomic E-state index is 17.5. The minimum atomic E-state index is -3.99. The van der Waals surface area contributed by atoms with Crippen molar-refractivity contribution in [3.63, 3.8) is 0 Å². The summed E-state index contributed by atoms with van der Waals surface area (Å²) in [7, 11) is -7.32. The number of aromatic nitrogens is 8. The Bertz CT molecular complexity index is 3170. The van der Waals surface area contributed by atoms with Gasteiger partial charge in [0.15, 0.2) is 67.0 Å². The highest BCUT2D eigenvalue weighted by molar-refractivity contribution is 8.07. The minimum Gasteiger partial charge on any atom is -0.407 e. The molecule has 3 aliphatic rings. The number of halogens is 1. The lowest BCUT2D eigenvalue weighted by Gasteiger charge is -2.41. The Morgan fingerprint density at radius 3 is 2.01 bits per heavy atom. The average molecular weight is 1100 g/mol. The number of alkyl halides is 1. The lowest BCUT2D eigenvalue weighted by molar-refractivity contribution is -0.0621. The van der Waals surface area contributed by atoms with Gasteiger partial charge in [0.25, 0.3) is 11.8 Å². The molecule has 2 aromatic carbocycles. The number of hydrogen-bond acceptors (Lipinski definition) is 19. The van der Waals surface area contributed by atoms with Gasteiger partial charge in [-0.3, -0.25) is 23.2 Å². The average Bonchev–Trinajstić information content (AvgIpc) is 4.17. The smallest absolute Gasteiger partial charge is 0.327 e. The third-order valence-corrected chi connectivity index (χ3v) is 20.7. The van der Waals surface area contributed by atoms with Gasteiger partial charge >= 0.3 is 6.72 Å². The van der Waals surface area contributed by atoms with Crippen molar-refractivity contribution in [2.24, 2.45) is 0 Å². The van der Waals surface area contributed by atoms with E-state index in [4.69, 9.17) is 59.4 Å². The highest BCUT2D eigenvalue weighted by Crippen LogP contribution is 2.63. The van der Waals surface area contributed by atoms with Crippen molar-refractivity contribution in [1.29, 1.82) is 5.26 Å². The van der Waals surface area contributed by atoms with E-state index in [2.05, 4.69) is 85.3 Å². The topological polar surface area (TPSA) is 257 Å². The Morgan fingerprint density at radius 1 is 0.893 bits per heavy atom. The third kappa shape index (κ3) is 11.7.